The standard InChI is InChI=1S/C11H12OS/c1-13-10-6-4-9(5-7-10)11-3-2-8-12-11/h3-7H,2,8H2,1H3. The van der Waals surface area contributed by atoms with Gasteiger partial charge < -0.3 is 4.74 Å². The van der Waals surface area contributed by atoms with Crippen LogP contribution in [0, 0.1) is 0 Å². The number of hydrogen-bond donors (Lipinski definition) is 0. The number of rotatable bonds is 2. The Morgan fingerprint density at radius 2 is 2.00 bits per heavy atom. The van der Waals surface area contributed by atoms with Crippen molar-refractivity contribution >= 4 is 17.5 Å². The Morgan fingerprint density at radius 1 is 1.23 bits per heavy atom. The first-order chi connectivity index (χ1) is 6.40. The Labute approximate surface area is 82.8 Å². The fourth-order valence-electron chi connectivity index (χ4n) is 1.37. The summed E-state index contributed by atoms with van der Waals surface area (Å²) >= 11 is 1.76. The highest BCUT2D eigenvalue weighted by molar-refractivity contribution is 7.98. The average Bonchev–Trinajstić information content (AvgIpc) is 2.71. The van der Waals surface area contributed by atoms with E-state index in [1.165, 1.54) is 10.5 Å². The first-order valence-corrected chi connectivity index (χ1v) is 5.60. The molecule has 0 saturated carbocycles. The highest BCUT2D eigenvalue weighted by Crippen LogP contribution is 2.23. The third-order valence-electron chi connectivity index (χ3n) is 2.08. The summed E-state index contributed by atoms with van der Waals surface area (Å²) in [6.45, 7) is 0.833. The lowest BCUT2D eigenvalue weighted by Gasteiger charge is -2.03. The third kappa shape index (κ3) is 1.89. The summed E-state index contributed by atoms with van der Waals surface area (Å²) in [7, 11) is 0. The highest BCUT2D eigenvalue weighted by atomic mass is 32.2. The predicted molar refractivity (Wildman–Crippen MR) is 56.8 cm³/mol. The molecule has 68 valence electrons. The van der Waals surface area contributed by atoms with E-state index in [1.807, 2.05) is 0 Å². The number of thioether (sulfide) groups is 1. The molecule has 1 aromatic rings. The van der Waals surface area contributed by atoms with Gasteiger partial charge in [-0.2, -0.15) is 0 Å². The Hall–Kier alpha value is -0.890. The topological polar surface area (TPSA) is 9.23 Å². The first kappa shape index (κ1) is 8.70. The molecule has 1 aliphatic rings. The summed E-state index contributed by atoms with van der Waals surface area (Å²) < 4.78 is 5.47. The predicted octanol–water partition coefficient (Wildman–Crippen LogP) is 3.17. The molecule has 0 bridgehead atoms. The molecular weight excluding hydrogens is 180 g/mol. The van der Waals surface area contributed by atoms with Crippen molar-refractivity contribution in [2.45, 2.75) is 11.3 Å². The lowest BCUT2D eigenvalue weighted by Crippen LogP contribution is -1.85. The van der Waals surface area contributed by atoms with Crippen molar-refractivity contribution < 1.29 is 4.74 Å². The molecule has 1 aromatic carbocycles. The second-order valence-electron chi connectivity index (χ2n) is 2.93. The van der Waals surface area contributed by atoms with E-state index in [0.29, 0.717) is 0 Å². The molecule has 0 N–H and O–H groups in total. The van der Waals surface area contributed by atoms with E-state index < -0.39 is 0 Å². The molecule has 0 saturated heterocycles. The molecule has 0 fully saturated rings. The smallest absolute Gasteiger partial charge is 0.122 e. The summed E-state index contributed by atoms with van der Waals surface area (Å²) in [6, 6.07) is 8.48. The Morgan fingerprint density at radius 3 is 2.54 bits per heavy atom. The van der Waals surface area contributed by atoms with Gasteiger partial charge in [-0.25, -0.2) is 0 Å². The minimum atomic E-state index is 0.833. The van der Waals surface area contributed by atoms with Crippen LogP contribution >= 0.6 is 11.8 Å². The van der Waals surface area contributed by atoms with Gasteiger partial charge in [0.15, 0.2) is 0 Å². The lowest BCUT2D eigenvalue weighted by molar-refractivity contribution is 0.307. The van der Waals surface area contributed by atoms with Gasteiger partial charge in [0.25, 0.3) is 0 Å². The van der Waals surface area contributed by atoms with Crippen LogP contribution < -0.4 is 0 Å². The summed E-state index contributed by atoms with van der Waals surface area (Å²) in [5.41, 5.74) is 1.19. The van der Waals surface area contributed by atoms with Crippen LogP contribution in [0.4, 0.5) is 0 Å². The fraction of sp³-hybridized carbons (Fsp3) is 0.273. The van der Waals surface area contributed by atoms with Crippen LogP contribution in [0.2, 0.25) is 0 Å². The molecule has 0 radical (unpaired) electrons. The van der Waals surface area contributed by atoms with Crippen LogP contribution in [0.15, 0.2) is 35.2 Å². The van der Waals surface area contributed by atoms with Gasteiger partial charge in [-0.3, -0.25) is 0 Å². The van der Waals surface area contributed by atoms with E-state index in [9.17, 15) is 0 Å². The van der Waals surface area contributed by atoms with Crippen LogP contribution in [-0.4, -0.2) is 12.9 Å². The second kappa shape index (κ2) is 3.88. The monoisotopic (exact) mass is 192 g/mol. The molecule has 2 heteroatoms. The minimum absolute atomic E-state index is 0.833. The summed E-state index contributed by atoms with van der Waals surface area (Å²) in [5.74, 6) is 1.03. The zero-order valence-electron chi connectivity index (χ0n) is 7.62. The van der Waals surface area contributed by atoms with Crippen molar-refractivity contribution in [3.05, 3.63) is 35.9 Å². The quantitative estimate of drug-likeness (QED) is 0.666. The zero-order valence-corrected chi connectivity index (χ0v) is 8.43. The Balaban J connectivity index is 2.22. The van der Waals surface area contributed by atoms with Gasteiger partial charge >= 0.3 is 0 Å². The van der Waals surface area contributed by atoms with Crippen molar-refractivity contribution in [3.63, 3.8) is 0 Å². The van der Waals surface area contributed by atoms with Crippen molar-refractivity contribution in [1.82, 2.24) is 0 Å². The third-order valence-corrected chi connectivity index (χ3v) is 2.82. The van der Waals surface area contributed by atoms with Crippen molar-refractivity contribution in [3.8, 4) is 0 Å². The van der Waals surface area contributed by atoms with E-state index in [0.717, 1.165) is 18.8 Å². The van der Waals surface area contributed by atoms with Gasteiger partial charge in [0.2, 0.25) is 0 Å². The molecule has 0 aliphatic carbocycles. The first-order valence-electron chi connectivity index (χ1n) is 4.37. The normalized spacial score (nSPS) is 15.3. The van der Waals surface area contributed by atoms with Crippen molar-refractivity contribution in [1.29, 1.82) is 0 Å². The summed E-state index contributed by atoms with van der Waals surface area (Å²) in [4.78, 5) is 1.29. The summed E-state index contributed by atoms with van der Waals surface area (Å²) in [5, 5.41) is 0. The SMILES string of the molecule is CSc1ccc(C2=CCCO2)cc1. The molecule has 13 heavy (non-hydrogen) atoms. The second-order valence-corrected chi connectivity index (χ2v) is 3.81. The molecule has 0 amide bonds. The van der Waals surface area contributed by atoms with E-state index in [4.69, 9.17) is 4.74 Å². The van der Waals surface area contributed by atoms with Crippen LogP contribution in [0.25, 0.3) is 5.76 Å². The molecule has 0 spiro atoms. The number of benzene rings is 1. The maximum absolute atomic E-state index is 5.47. The average molecular weight is 192 g/mol. The van der Waals surface area contributed by atoms with Gasteiger partial charge in [-0.05, 0) is 24.5 Å². The van der Waals surface area contributed by atoms with E-state index >= 15 is 0 Å². The van der Waals surface area contributed by atoms with Crippen LogP contribution in [0.5, 0.6) is 0 Å². The molecular formula is C11H12OS. The molecule has 1 heterocycles. The van der Waals surface area contributed by atoms with Crippen LogP contribution in [0.1, 0.15) is 12.0 Å². The fourth-order valence-corrected chi connectivity index (χ4v) is 1.78. The Kier molecular flexibility index (Phi) is 2.60. The molecule has 0 aromatic heterocycles. The largest absolute Gasteiger partial charge is 0.493 e. The van der Waals surface area contributed by atoms with Crippen molar-refractivity contribution in [2.24, 2.45) is 0 Å². The minimum Gasteiger partial charge on any atom is -0.493 e. The van der Waals surface area contributed by atoms with E-state index in [1.54, 1.807) is 11.8 Å². The van der Waals surface area contributed by atoms with Crippen LogP contribution in [-0.2, 0) is 4.74 Å². The molecule has 2 rings (SSSR count). The van der Waals surface area contributed by atoms with E-state index in [-0.39, 0.29) is 0 Å². The molecule has 0 atom stereocenters. The molecule has 0 unspecified atom stereocenters. The van der Waals surface area contributed by atoms with Gasteiger partial charge in [-0.15, -0.1) is 11.8 Å². The maximum Gasteiger partial charge on any atom is 0.122 e. The van der Waals surface area contributed by atoms with Crippen LogP contribution in [0.3, 0.4) is 0 Å². The Bertz CT molecular complexity index is 313. The van der Waals surface area contributed by atoms with Gasteiger partial charge in [0, 0.05) is 16.9 Å². The van der Waals surface area contributed by atoms with E-state index in [2.05, 4.69) is 36.6 Å². The highest BCUT2D eigenvalue weighted by Gasteiger charge is 2.07. The zero-order chi connectivity index (χ0) is 9.10. The molecule has 1 aliphatic heterocycles. The van der Waals surface area contributed by atoms with Gasteiger partial charge in [-0.1, -0.05) is 12.1 Å². The maximum atomic E-state index is 5.47. The van der Waals surface area contributed by atoms with Gasteiger partial charge in [0.1, 0.15) is 5.76 Å². The lowest BCUT2D eigenvalue weighted by atomic mass is 10.2. The van der Waals surface area contributed by atoms with Gasteiger partial charge in [0.05, 0.1) is 6.61 Å². The van der Waals surface area contributed by atoms with Crippen molar-refractivity contribution in [2.75, 3.05) is 12.9 Å². The number of hydrogen-bond acceptors (Lipinski definition) is 2. The number of ether oxygens (including phenoxy) is 1. The summed E-state index contributed by atoms with van der Waals surface area (Å²) in [6.07, 6.45) is 5.27. The molecule has 1 nitrogen and oxygen atoms in total.